The van der Waals surface area contributed by atoms with Gasteiger partial charge in [-0.15, -0.1) is 0 Å². The van der Waals surface area contributed by atoms with Crippen LogP contribution in [0, 0.1) is 0 Å². The third-order valence-electron chi connectivity index (χ3n) is 2.55. The summed E-state index contributed by atoms with van der Waals surface area (Å²) in [6.07, 6.45) is 2.83. The first-order valence-electron chi connectivity index (χ1n) is 4.69. The molecule has 2 heterocycles. The Labute approximate surface area is 88.3 Å². The zero-order valence-electron chi connectivity index (χ0n) is 8.07. The number of hydrogen-bond acceptors (Lipinski definition) is 4. The van der Waals surface area contributed by atoms with Gasteiger partial charge in [0.2, 0.25) is 5.28 Å². The highest BCUT2D eigenvalue weighted by Crippen LogP contribution is 2.16. The van der Waals surface area contributed by atoms with E-state index in [-0.39, 0.29) is 0 Å². The Morgan fingerprint density at radius 1 is 1.64 bits per heavy atom. The molecule has 0 unspecified atom stereocenters. The van der Waals surface area contributed by atoms with E-state index in [1.807, 2.05) is 13.1 Å². The van der Waals surface area contributed by atoms with Gasteiger partial charge in [-0.05, 0) is 30.6 Å². The second kappa shape index (κ2) is 4.11. The topological polar surface area (TPSA) is 41.1 Å². The van der Waals surface area contributed by atoms with Crippen LogP contribution in [0.4, 0.5) is 5.82 Å². The fourth-order valence-electron chi connectivity index (χ4n) is 1.68. The minimum Gasteiger partial charge on any atom is -0.355 e. The molecule has 0 aromatic carbocycles. The van der Waals surface area contributed by atoms with E-state index in [4.69, 9.17) is 11.6 Å². The van der Waals surface area contributed by atoms with E-state index < -0.39 is 0 Å². The molecule has 1 aromatic heterocycles. The highest BCUT2D eigenvalue weighted by atomic mass is 35.5. The van der Waals surface area contributed by atoms with E-state index in [1.165, 1.54) is 0 Å². The van der Waals surface area contributed by atoms with Crippen LogP contribution in [0.25, 0.3) is 0 Å². The van der Waals surface area contributed by atoms with Crippen molar-refractivity contribution in [3.8, 4) is 0 Å². The summed E-state index contributed by atoms with van der Waals surface area (Å²) in [5.41, 5.74) is 0. The van der Waals surface area contributed by atoms with Crippen molar-refractivity contribution in [3.63, 3.8) is 0 Å². The van der Waals surface area contributed by atoms with Gasteiger partial charge >= 0.3 is 0 Å². The van der Waals surface area contributed by atoms with Gasteiger partial charge in [-0.2, -0.15) is 0 Å². The van der Waals surface area contributed by atoms with Crippen molar-refractivity contribution in [3.05, 3.63) is 17.5 Å². The molecular formula is C9H13ClN4. The third-order valence-corrected chi connectivity index (χ3v) is 2.74. The number of likely N-dealkylation sites (N-methyl/N-ethyl adjacent to an activating group) is 1. The van der Waals surface area contributed by atoms with E-state index in [0.29, 0.717) is 11.3 Å². The molecule has 1 aliphatic heterocycles. The Hall–Kier alpha value is -0.870. The SMILES string of the molecule is CN(c1ccnc(Cl)n1)[C@H]1CCNC1. The Kier molecular flexibility index (Phi) is 2.84. The lowest BCUT2D eigenvalue weighted by Crippen LogP contribution is -2.33. The normalized spacial score (nSPS) is 21.1. The Morgan fingerprint density at radius 2 is 2.50 bits per heavy atom. The molecular weight excluding hydrogens is 200 g/mol. The summed E-state index contributed by atoms with van der Waals surface area (Å²) in [4.78, 5) is 10.2. The van der Waals surface area contributed by atoms with Crippen molar-refractivity contribution in [1.82, 2.24) is 15.3 Å². The minimum absolute atomic E-state index is 0.306. The van der Waals surface area contributed by atoms with E-state index in [1.54, 1.807) is 6.20 Å². The maximum Gasteiger partial charge on any atom is 0.224 e. The van der Waals surface area contributed by atoms with Gasteiger partial charge in [-0.1, -0.05) is 0 Å². The number of aromatic nitrogens is 2. The largest absolute Gasteiger partial charge is 0.355 e. The molecule has 76 valence electrons. The predicted octanol–water partition coefficient (Wildman–Crippen LogP) is 0.928. The zero-order chi connectivity index (χ0) is 9.97. The fourth-order valence-corrected chi connectivity index (χ4v) is 1.82. The molecule has 1 N–H and O–H groups in total. The standard InChI is InChI=1S/C9H13ClN4/c1-14(7-2-4-11-6-7)8-3-5-12-9(10)13-8/h3,5,7,11H,2,4,6H2,1H3/t7-/m0/s1. The molecule has 1 aromatic rings. The molecule has 5 heteroatoms. The monoisotopic (exact) mass is 212 g/mol. The highest BCUT2D eigenvalue weighted by Gasteiger charge is 2.20. The Bertz CT molecular complexity index is 311. The molecule has 1 fully saturated rings. The molecule has 2 rings (SSSR count). The van der Waals surface area contributed by atoms with E-state index in [0.717, 1.165) is 25.3 Å². The van der Waals surface area contributed by atoms with Crippen LogP contribution in [-0.4, -0.2) is 36.1 Å². The first-order valence-corrected chi connectivity index (χ1v) is 5.07. The van der Waals surface area contributed by atoms with E-state index >= 15 is 0 Å². The van der Waals surface area contributed by atoms with E-state index in [9.17, 15) is 0 Å². The summed E-state index contributed by atoms with van der Waals surface area (Å²) < 4.78 is 0. The van der Waals surface area contributed by atoms with Crippen LogP contribution < -0.4 is 10.2 Å². The Morgan fingerprint density at radius 3 is 3.14 bits per heavy atom. The zero-order valence-corrected chi connectivity index (χ0v) is 8.83. The van der Waals surface area contributed by atoms with Crippen LogP contribution in [0.2, 0.25) is 5.28 Å². The molecule has 0 spiro atoms. The number of nitrogens with zero attached hydrogens (tertiary/aromatic N) is 3. The summed E-state index contributed by atoms with van der Waals surface area (Å²) in [5, 5.41) is 3.63. The maximum absolute atomic E-state index is 5.73. The first kappa shape index (κ1) is 9.68. The van der Waals surface area contributed by atoms with Crippen molar-refractivity contribution in [2.75, 3.05) is 25.0 Å². The van der Waals surface area contributed by atoms with Crippen LogP contribution in [0.3, 0.4) is 0 Å². The van der Waals surface area contributed by atoms with Crippen LogP contribution in [-0.2, 0) is 0 Å². The highest BCUT2D eigenvalue weighted by molar-refractivity contribution is 6.28. The van der Waals surface area contributed by atoms with Crippen molar-refractivity contribution >= 4 is 17.4 Å². The van der Waals surface area contributed by atoms with Crippen molar-refractivity contribution in [1.29, 1.82) is 0 Å². The average molecular weight is 213 g/mol. The smallest absolute Gasteiger partial charge is 0.224 e. The molecule has 4 nitrogen and oxygen atoms in total. The number of halogens is 1. The molecule has 1 atom stereocenters. The van der Waals surface area contributed by atoms with Crippen molar-refractivity contribution < 1.29 is 0 Å². The molecule has 1 saturated heterocycles. The quantitative estimate of drug-likeness (QED) is 0.741. The van der Waals surface area contributed by atoms with Gasteiger partial charge in [0.1, 0.15) is 5.82 Å². The second-order valence-corrected chi connectivity index (χ2v) is 3.78. The molecule has 0 saturated carbocycles. The second-order valence-electron chi connectivity index (χ2n) is 3.44. The van der Waals surface area contributed by atoms with Crippen LogP contribution in [0.1, 0.15) is 6.42 Å². The van der Waals surface area contributed by atoms with Crippen LogP contribution >= 0.6 is 11.6 Å². The molecule has 0 bridgehead atoms. The lowest BCUT2D eigenvalue weighted by Gasteiger charge is -2.24. The Balaban J connectivity index is 2.13. The number of rotatable bonds is 2. The van der Waals surface area contributed by atoms with Gasteiger partial charge in [-0.3, -0.25) is 0 Å². The van der Waals surface area contributed by atoms with E-state index in [2.05, 4.69) is 20.2 Å². The van der Waals surface area contributed by atoms with Gasteiger partial charge in [0, 0.05) is 25.8 Å². The summed E-state index contributed by atoms with van der Waals surface area (Å²) >= 11 is 5.73. The summed E-state index contributed by atoms with van der Waals surface area (Å²) in [6.45, 7) is 2.09. The van der Waals surface area contributed by atoms with Crippen LogP contribution in [0.5, 0.6) is 0 Å². The minimum atomic E-state index is 0.306. The van der Waals surface area contributed by atoms with Gasteiger partial charge in [0.05, 0.1) is 0 Å². The molecule has 0 aliphatic carbocycles. The number of hydrogen-bond donors (Lipinski definition) is 1. The molecule has 0 radical (unpaired) electrons. The predicted molar refractivity (Wildman–Crippen MR) is 56.7 cm³/mol. The number of nitrogens with one attached hydrogen (secondary N) is 1. The van der Waals surface area contributed by atoms with Crippen LogP contribution in [0.15, 0.2) is 12.3 Å². The third kappa shape index (κ3) is 1.96. The van der Waals surface area contributed by atoms with Gasteiger partial charge in [0.15, 0.2) is 0 Å². The molecule has 1 aliphatic rings. The average Bonchev–Trinajstić information content (AvgIpc) is 2.69. The van der Waals surface area contributed by atoms with Crippen molar-refractivity contribution in [2.45, 2.75) is 12.5 Å². The summed E-state index contributed by atoms with van der Waals surface area (Å²) in [6, 6.07) is 2.39. The van der Waals surface area contributed by atoms with Gasteiger partial charge in [0.25, 0.3) is 0 Å². The molecule has 14 heavy (non-hydrogen) atoms. The lowest BCUT2D eigenvalue weighted by molar-refractivity contribution is 0.677. The fraction of sp³-hybridized carbons (Fsp3) is 0.556. The summed E-state index contributed by atoms with van der Waals surface area (Å²) in [5.74, 6) is 0.888. The van der Waals surface area contributed by atoms with Gasteiger partial charge < -0.3 is 10.2 Å². The summed E-state index contributed by atoms with van der Waals surface area (Å²) in [7, 11) is 2.04. The maximum atomic E-state index is 5.73. The van der Waals surface area contributed by atoms with Crippen molar-refractivity contribution in [2.24, 2.45) is 0 Å². The lowest BCUT2D eigenvalue weighted by atomic mass is 10.2. The first-order chi connectivity index (χ1) is 6.77. The number of anilines is 1. The molecule has 0 amide bonds. The van der Waals surface area contributed by atoms with Gasteiger partial charge in [-0.25, -0.2) is 9.97 Å².